The number of amides is 1. The predicted molar refractivity (Wildman–Crippen MR) is 147 cm³/mol. The van der Waals surface area contributed by atoms with Gasteiger partial charge in [0, 0.05) is 18.7 Å². The molecule has 2 N–H and O–H groups in total. The number of rotatable bonds is 9. The Labute approximate surface area is 223 Å². The van der Waals surface area contributed by atoms with Crippen molar-refractivity contribution in [2.24, 2.45) is 5.41 Å². The van der Waals surface area contributed by atoms with Crippen molar-refractivity contribution < 1.29 is 19.4 Å². The minimum Gasteiger partial charge on any atom is -0.494 e. The number of carboxylic acid groups (broad SMARTS) is 1. The first kappa shape index (κ1) is 26.9. The van der Waals surface area contributed by atoms with Crippen molar-refractivity contribution in [3.05, 3.63) is 83.4 Å². The highest BCUT2D eigenvalue weighted by Crippen LogP contribution is 2.36. The number of carboxylic acids is 1. The first-order valence-electron chi connectivity index (χ1n) is 12.9. The second-order valence-corrected chi connectivity index (χ2v) is 10.2. The molecule has 1 heterocycles. The summed E-state index contributed by atoms with van der Waals surface area (Å²) in [4.78, 5) is 26.1. The third-order valence-corrected chi connectivity index (χ3v) is 7.11. The number of nitriles is 1. The molecule has 1 fully saturated rings. The largest absolute Gasteiger partial charge is 0.494 e. The van der Waals surface area contributed by atoms with Gasteiger partial charge < -0.3 is 15.2 Å². The lowest BCUT2D eigenvalue weighted by Gasteiger charge is -2.39. The number of piperidine rings is 1. The SMILES string of the molecule is CCOc1cc(CN2CCC(C)(CC(=O)Nc3ccc(C(=O)O)cc3)CC2)cc(-c2ccccc2C#N)c1. The topological polar surface area (TPSA) is 103 Å². The molecular formula is C31H33N3O4. The minimum atomic E-state index is -0.991. The molecule has 7 nitrogen and oxygen atoms in total. The lowest BCUT2D eigenvalue weighted by atomic mass is 9.77. The van der Waals surface area contributed by atoms with E-state index in [1.165, 1.54) is 12.1 Å². The fraction of sp³-hybridized carbons (Fsp3) is 0.323. The standard InChI is InChI=1S/C31H33N3O4/c1-3-38-27-17-22(16-25(18-27)28-7-5-4-6-24(28)20-32)21-34-14-12-31(2,13-15-34)19-29(35)33-26-10-8-23(9-11-26)30(36)37/h4-11,16-18H,3,12-15,19,21H2,1-2H3,(H,33,35)(H,36,37). The van der Waals surface area contributed by atoms with E-state index in [2.05, 4.69) is 35.3 Å². The Morgan fingerprint density at radius 1 is 1.08 bits per heavy atom. The highest BCUT2D eigenvalue weighted by atomic mass is 16.5. The summed E-state index contributed by atoms with van der Waals surface area (Å²) < 4.78 is 5.84. The number of aromatic carboxylic acids is 1. The van der Waals surface area contributed by atoms with Crippen LogP contribution in [0, 0.1) is 16.7 Å². The molecule has 0 bridgehead atoms. The zero-order valence-electron chi connectivity index (χ0n) is 21.9. The van der Waals surface area contributed by atoms with Crippen molar-refractivity contribution in [1.82, 2.24) is 4.90 Å². The number of likely N-dealkylation sites (tertiary alicyclic amines) is 1. The minimum absolute atomic E-state index is 0.0609. The van der Waals surface area contributed by atoms with Gasteiger partial charge in [0.1, 0.15) is 5.75 Å². The van der Waals surface area contributed by atoms with Gasteiger partial charge in [-0.1, -0.05) is 25.1 Å². The highest BCUT2D eigenvalue weighted by molar-refractivity contribution is 5.92. The molecule has 3 aromatic rings. The maximum Gasteiger partial charge on any atom is 0.335 e. The van der Waals surface area contributed by atoms with Gasteiger partial charge >= 0.3 is 5.97 Å². The number of benzene rings is 3. The molecule has 196 valence electrons. The average molecular weight is 512 g/mol. The maximum atomic E-state index is 12.7. The molecule has 1 aliphatic heterocycles. The first-order chi connectivity index (χ1) is 18.3. The van der Waals surface area contributed by atoms with Gasteiger partial charge in [-0.05, 0) is 103 Å². The summed E-state index contributed by atoms with van der Waals surface area (Å²) >= 11 is 0. The van der Waals surface area contributed by atoms with Crippen molar-refractivity contribution in [3.8, 4) is 22.9 Å². The van der Waals surface area contributed by atoms with Crippen LogP contribution in [0.1, 0.15) is 54.6 Å². The predicted octanol–water partition coefficient (Wildman–Crippen LogP) is 5.95. The number of hydrogen-bond acceptors (Lipinski definition) is 5. The van der Waals surface area contributed by atoms with Crippen molar-refractivity contribution in [2.75, 3.05) is 25.0 Å². The van der Waals surface area contributed by atoms with Gasteiger partial charge in [-0.2, -0.15) is 5.26 Å². The molecule has 1 aliphatic rings. The van der Waals surface area contributed by atoms with Gasteiger partial charge in [0.15, 0.2) is 0 Å². The quantitative estimate of drug-likeness (QED) is 0.368. The lowest BCUT2D eigenvalue weighted by Crippen LogP contribution is -2.40. The van der Waals surface area contributed by atoms with Crippen LogP contribution in [-0.4, -0.2) is 41.6 Å². The van der Waals surface area contributed by atoms with E-state index in [9.17, 15) is 14.9 Å². The van der Waals surface area contributed by atoms with E-state index in [1.54, 1.807) is 12.1 Å². The molecule has 0 aromatic heterocycles. The van der Waals surface area contributed by atoms with Gasteiger partial charge in [-0.3, -0.25) is 9.69 Å². The summed E-state index contributed by atoms with van der Waals surface area (Å²) in [6.45, 7) is 7.20. The summed E-state index contributed by atoms with van der Waals surface area (Å²) in [5, 5.41) is 21.5. The van der Waals surface area contributed by atoms with Crippen LogP contribution in [0.15, 0.2) is 66.7 Å². The molecular weight excluding hydrogens is 478 g/mol. The van der Waals surface area contributed by atoms with Crippen molar-refractivity contribution in [1.29, 1.82) is 5.26 Å². The molecule has 1 saturated heterocycles. The first-order valence-corrected chi connectivity index (χ1v) is 12.9. The molecule has 7 heteroatoms. The van der Waals surface area contributed by atoms with Crippen LogP contribution < -0.4 is 10.1 Å². The van der Waals surface area contributed by atoms with Crippen LogP contribution in [0.2, 0.25) is 0 Å². The van der Waals surface area contributed by atoms with Crippen molar-refractivity contribution in [3.63, 3.8) is 0 Å². The van der Waals surface area contributed by atoms with Crippen LogP contribution in [0.5, 0.6) is 5.75 Å². The van der Waals surface area contributed by atoms with Crippen molar-refractivity contribution >= 4 is 17.6 Å². The number of hydrogen-bond donors (Lipinski definition) is 2. The van der Waals surface area contributed by atoms with Crippen LogP contribution in [-0.2, 0) is 11.3 Å². The van der Waals surface area contributed by atoms with E-state index in [4.69, 9.17) is 9.84 Å². The number of nitrogens with one attached hydrogen (secondary N) is 1. The van der Waals surface area contributed by atoms with E-state index < -0.39 is 5.97 Å². The Kier molecular flexibility index (Phi) is 8.45. The van der Waals surface area contributed by atoms with Crippen LogP contribution in [0.3, 0.4) is 0 Å². The van der Waals surface area contributed by atoms with Crippen molar-refractivity contribution in [2.45, 2.75) is 39.7 Å². The number of nitrogens with zero attached hydrogens (tertiary/aromatic N) is 2. The molecule has 38 heavy (non-hydrogen) atoms. The monoisotopic (exact) mass is 511 g/mol. The number of anilines is 1. The number of carbonyl (C=O) groups is 2. The molecule has 0 spiro atoms. The summed E-state index contributed by atoms with van der Waals surface area (Å²) in [5.74, 6) is -0.258. The van der Waals surface area contributed by atoms with Gasteiger partial charge in [-0.25, -0.2) is 4.79 Å². The van der Waals surface area contributed by atoms with E-state index in [-0.39, 0.29) is 16.9 Å². The average Bonchev–Trinajstić information content (AvgIpc) is 2.90. The molecule has 0 radical (unpaired) electrons. The number of carbonyl (C=O) groups excluding carboxylic acids is 1. The zero-order chi connectivity index (χ0) is 27.1. The summed E-state index contributed by atoms with van der Waals surface area (Å²) in [6, 6.07) is 22.3. The third kappa shape index (κ3) is 6.78. The van der Waals surface area contributed by atoms with E-state index in [1.807, 2.05) is 37.3 Å². The van der Waals surface area contributed by atoms with E-state index in [0.29, 0.717) is 24.3 Å². The molecule has 4 rings (SSSR count). The Balaban J connectivity index is 1.38. The third-order valence-electron chi connectivity index (χ3n) is 7.11. The summed E-state index contributed by atoms with van der Waals surface area (Å²) in [6.07, 6.45) is 2.21. The van der Waals surface area contributed by atoms with E-state index in [0.717, 1.165) is 54.9 Å². The van der Waals surface area contributed by atoms with Crippen LogP contribution in [0.25, 0.3) is 11.1 Å². The Morgan fingerprint density at radius 2 is 1.79 bits per heavy atom. The molecule has 0 atom stereocenters. The second-order valence-electron chi connectivity index (χ2n) is 10.2. The fourth-order valence-electron chi connectivity index (χ4n) is 4.96. The fourth-order valence-corrected chi connectivity index (χ4v) is 4.96. The summed E-state index contributed by atoms with van der Waals surface area (Å²) in [7, 11) is 0. The zero-order valence-corrected chi connectivity index (χ0v) is 21.9. The Morgan fingerprint density at radius 3 is 2.45 bits per heavy atom. The normalized spacial score (nSPS) is 14.9. The molecule has 0 aliphatic carbocycles. The Hall–Kier alpha value is -4.15. The van der Waals surface area contributed by atoms with Gasteiger partial charge in [0.25, 0.3) is 0 Å². The lowest BCUT2D eigenvalue weighted by molar-refractivity contribution is -0.119. The molecule has 0 unspecified atom stereocenters. The van der Waals surface area contributed by atoms with Crippen LogP contribution in [0.4, 0.5) is 5.69 Å². The van der Waals surface area contributed by atoms with Gasteiger partial charge in [0.05, 0.1) is 23.8 Å². The molecule has 1 amide bonds. The van der Waals surface area contributed by atoms with Gasteiger partial charge in [0.2, 0.25) is 5.91 Å². The van der Waals surface area contributed by atoms with E-state index >= 15 is 0 Å². The van der Waals surface area contributed by atoms with Gasteiger partial charge in [-0.15, -0.1) is 0 Å². The molecule has 0 saturated carbocycles. The Bertz CT molecular complexity index is 1340. The number of ether oxygens (including phenoxy) is 1. The van der Waals surface area contributed by atoms with Crippen LogP contribution >= 0.6 is 0 Å². The summed E-state index contributed by atoms with van der Waals surface area (Å²) in [5.41, 5.74) is 4.32. The maximum absolute atomic E-state index is 12.7. The second kappa shape index (κ2) is 11.9. The smallest absolute Gasteiger partial charge is 0.335 e. The molecule has 3 aromatic carbocycles. The highest BCUT2D eigenvalue weighted by Gasteiger charge is 2.32.